The lowest BCUT2D eigenvalue weighted by atomic mass is 9.78. The number of aliphatic hydroxyl groups is 1. The third-order valence-corrected chi connectivity index (χ3v) is 2.62. The smallest absolute Gasteiger partial charge is 0.0652 e. The maximum absolute atomic E-state index is 9.61. The van der Waals surface area contributed by atoms with Crippen molar-refractivity contribution in [3.05, 3.63) is 0 Å². The van der Waals surface area contributed by atoms with Gasteiger partial charge in [-0.2, -0.15) is 0 Å². The summed E-state index contributed by atoms with van der Waals surface area (Å²) in [5, 5.41) is 9.61. The van der Waals surface area contributed by atoms with Crippen LogP contribution in [0.25, 0.3) is 0 Å². The predicted octanol–water partition coefficient (Wildman–Crippen LogP) is 2.83. The SMILES string of the molecule is CC#CCC(O)CC(C)C(C)(C)C. The highest BCUT2D eigenvalue weighted by molar-refractivity contribution is 4.96. The lowest BCUT2D eigenvalue weighted by molar-refractivity contribution is 0.114. The van der Waals surface area contributed by atoms with Gasteiger partial charge in [0, 0.05) is 6.42 Å². The first kappa shape index (κ1) is 12.5. The Balaban J connectivity index is 3.89. The molecule has 1 heteroatoms. The highest BCUT2D eigenvalue weighted by atomic mass is 16.3. The second-order valence-corrected chi connectivity index (χ2v) is 4.79. The Labute approximate surface area is 82.5 Å². The Hall–Kier alpha value is -0.480. The molecule has 1 nitrogen and oxygen atoms in total. The van der Waals surface area contributed by atoms with Gasteiger partial charge in [0.25, 0.3) is 0 Å². The van der Waals surface area contributed by atoms with Gasteiger partial charge >= 0.3 is 0 Å². The van der Waals surface area contributed by atoms with E-state index in [0.717, 1.165) is 6.42 Å². The van der Waals surface area contributed by atoms with Crippen LogP contribution in [0.3, 0.4) is 0 Å². The first-order valence-electron chi connectivity index (χ1n) is 4.95. The zero-order chi connectivity index (χ0) is 10.5. The van der Waals surface area contributed by atoms with Crippen LogP contribution in [0, 0.1) is 23.2 Å². The van der Waals surface area contributed by atoms with Crippen molar-refractivity contribution in [2.75, 3.05) is 0 Å². The van der Waals surface area contributed by atoms with Gasteiger partial charge in [-0.1, -0.05) is 27.7 Å². The van der Waals surface area contributed by atoms with Gasteiger partial charge in [-0.3, -0.25) is 0 Å². The van der Waals surface area contributed by atoms with Crippen LogP contribution >= 0.6 is 0 Å². The summed E-state index contributed by atoms with van der Waals surface area (Å²) in [7, 11) is 0. The minimum atomic E-state index is -0.262. The van der Waals surface area contributed by atoms with Crippen molar-refractivity contribution in [2.45, 2.75) is 53.6 Å². The fraction of sp³-hybridized carbons (Fsp3) is 0.833. The molecule has 0 bridgehead atoms. The molecule has 0 rings (SSSR count). The van der Waals surface area contributed by atoms with E-state index >= 15 is 0 Å². The summed E-state index contributed by atoms with van der Waals surface area (Å²) < 4.78 is 0. The molecule has 2 atom stereocenters. The molecule has 0 aromatic rings. The second kappa shape index (κ2) is 5.29. The van der Waals surface area contributed by atoms with Crippen molar-refractivity contribution in [1.29, 1.82) is 0 Å². The number of aliphatic hydroxyl groups excluding tert-OH is 1. The average Bonchev–Trinajstić information content (AvgIpc) is 1.99. The third kappa shape index (κ3) is 5.71. The van der Waals surface area contributed by atoms with E-state index in [2.05, 4.69) is 39.5 Å². The van der Waals surface area contributed by atoms with Crippen molar-refractivity contribution in [2.24, 2.45) is 11.3 Å². The Morgan fingerprint density at radius 2 is 1.85 bits per heavy atom. The van der Waals surface area contributed by atoms with Gasteiger partial charge in [0.15, 0.2) is 0 Å². The van der Waals surface area contributed by atoms with Gasteiger partial charge in [-0.05, 0) is 24.7 Å². The van der Waals surface area contributed by atoms with E-state index in [-0.39, 0.29) is 11.5 Å². The summed E-state index contributed by atoms with van der Waals surface area (Å²) >= 11 is 0. The first-order chi connectivity index (χ1) is 5.88. The molecule has 0 aromatic carbocycles. The molecule has 0 spiro atoms. The standard InChI is InChI=1S/C12H22O/c1-6-7-8-11(13)9-10(2)12(3,4)5/h10-11,13H,8-9H2,1-5H3. The number of hydrogen-bond donors (Lipinski definition) is 1. The van der Waals surface area contributed by atoms with Crippen LogP contribution in [0.2, 0.25) is 0 Å². The monoisotopic (exact) mass is 182 g/mol. The summed E-state index contributed by atoms with van der Waals surface area (Å²) in [6.45, 7) is 10.6. The first-order valence-corrected chi connectivity index (χ1v) is 4.95. The Bertz CT molecular complexity index is 189. The highest BCUT2D eigenvalue weighted by Crippen LogP contribution is 2.29. The minimum Gasteiger partial charge on any atom is -0.392 e. The predicted molar refractivity (Wildman–Crippen MR) is 57.3 cm³/mol. The maximum atomic E-state index is 9.61. The van der Waals surface area contributed by atoms with Crippen LogP contribution in [-0.4, -0.2) is 11.2 Å². The molecule has 0 aliphatic heterocycles. The van der Waals surface area contributed by atoms with E-state index in [4.69, 9.17) is 0 Å². The molecule has 0 heterocycles. The molecule has 0 aliphatic carbocycles. The van der Waals surface area contributed by atoms with Gasteiger partial charge in [0.05, 0.1) is 6.10 Å². The summed E-state index contributed by atoms with van der Waals surface area (Å²) in [6, 6.07) is 0. The van der Waals surface area contributed by atoms with E-state index in [9.17, 15) is 5.11 Å². The van der Waals surface area contributed by atoms with E-state index in [0.29, 0.717) is 12.3 Å². The third-order valence-electron chi connectivity index (χ3n) is 2.62. The van der Waals surface area contributed by atoms with Crippen molar-refractivity contribution in [3.8, 4) is 11.8 Å². The molecular weight excluding hydrogens is 160 g/mol. The molecule has 2 unspecified atom stereocenters. The van der Waals surface area contributed by atoms with E-state index < -0.39 is 0 Å². The zero-order valence-corrected chi connectivity index (χ0v) is 9.52. The zero-order valence-electron chi connectivity index (χ0n) is 9.52. The Morgan fingerprint density at radius 1 is 1.31 bits per heavy atom. The second-order valence-electron chi connectivity index (χ2n) is 4.79. The number of hydrogen-bond acceptors (Lipinski definition) is 1. The molecule has 0 amide bonds. The Morgan fingerprint density at radius 3 is 2.23 bits per heavy atom. The minimum absolute atomic E-state index is 0.262. The van der Waals surface area contributed by atoms with Crippen molar-refractivity contribution in [1.82, 2.24) is 0 Å². The fourth-order valence-electron chi connectivity index (χ4n) is 1.06. The van der Waals surface area contributed by atoms with Crippen molar-refractivity contribution in [3.63, 3.8) is 0 Å². The van der Waals surface area contributed by atoms with E-state index in [1.165, 1.54) is 0 Å². The largest absolute Gasteiger partial charge is 0.392 e. The normalized spacial score (nSPS) is 15.8. The van der Waals surface area contributed by atoms with Crippen LogP contribution in [0.5, 0.6) is 0 Å². The molecular formula is C12H22O. The van der Waals surface area contributed by atoms with Crippen LogP contribution in [0.15, 0.2) is 0 Å². The van der Waals surface area contributed by atoms with Crippen LogP contribution in [0.4, 0.5) is 0 Å². The molecule has 13 heavy (non-hydrogen) atoms. The molecule has 1 N–H and O–H groups in total. The Kier molecular flexibility index (Phi) is 5.10. The molecule has 0 saturated carbocycles. The topological polar surface area (TPSA) is 20.2 Å². The summed E-state index contributed by atoms with van der Waals surface area (Å²) in [5.74, 6) is 6.23. The van der Waals surface area contributed by atoms with E-state index in [1.807, 2.05) is 0 Å². The maximum Gasteiger partial charge on any atom is 0.0652 e. The molecule has 76 valence electrons. The van der Waals surface area contributed by atoms with Gasteiger partial charge in [0.2, 0.25) is 0 Å². The molecule has 0 radical (unpaired) electrons. The van der Waals surface area contributed by atoms with Crippen LogP contribution in [0.1, 0.15) is 47.5 Å². The molecule has 0 fully saturated rings. The van der Waals surface area contributed by atoms with Gasteiger partial charge in [-0.15, -0.1) is 11.8 Å². The fourth-order valence-corrected chi connectivity index (χ4v) is 1.06. The van der Waals surface area contributed by atoms with Crippen molar-refractivity contribution < 1.29 is 5.11 Å². The van der Waals surface area contributed by atoms with Gasteiger partial charge < -0.3 is 5.11 Å². The van der Waals surface area contributed by atoms with Crippen molar-refractivity contribution >= 4 is 0 Å². The summed E-state index contributed by atoms with van der Waals surface area (Å²) in [5.41, 5.74) is 0.278. The lowest BCUT2D eigenvalue weighted by Crippen LogP contribution is -2.22. The summed E-state index contributed by atoms with van der Waals surface area (Å²) in [4.78, 5) is 0. The summed E-state index contributed by atoms with van der Waals surface area (Å²) in [6.07, 6.45) is 1.19. The number of rotatable bonds is 3. The van der Waals surface area contributed by atoms with Gasteiger partial charge in [0.1, 0.15) is 0 Å². The van der Waals surface area contributed by atoms with Gasteiger partial charge in [-0.25, -0.2) is 0 Å². The highest BCUT2D eigenvalue weighted by Gasteiger charge is 2.22. The quantitative estimate of drug-likeness (QED) is 0.665. The molecule has 0 aliphatic rings. The molecule has 0 saturated heterocycles. The van der Waals surface area contributed by atoms with Crippen LogP contribution in [-0.2, 0) is 0 Å². The van der Waals surface area contributed by atoms with Crippen LogP contribution < -0.4 is 0 Å². The molecule has 0 aromatic heterocycles. The van der Waals surface area contributed by atoms with E-state index in [1.54, 1.807) is 6.92 Å². The average molecular weight is 182 g/mol. The lowest BCUT2D eigenvalue weighted by Gasteiger charge is -2.28.